The van der Waals surface area contributed by atoms with Gasteiger partial charge in [-0.3, -0.25) is 9.59 Å². The molecule has 0 atom stereocenters. The minimum atomic E-state index is -0.846. The molecule has 2 aromatic rings. The molecule has 7 nitrogen and oxygen atoms in total. The lowest BCUT2D eigenvalue weighted by molar-refractivity contribution is -0.143. The summed E-state index contributed by atoms with van der Waals surface area (Å²) < 4.78 is 1.78. The Balaban J connectivity index is 1.90. The molecule has 1 amide bonds. The van der Waals surface area contributed by atoms with Gasteiger partial charge in [0.15, 0.2) is 5.65 Å². The molecule has 0 spiro atoms. The van der Waals surface area contributed by atoms with E-state index in [4.69, 9.17) is 0 Å². The van der Waals surface area contributed by atoms with Crippen molar-refractivity contribution < 1.29 is 14.7 Å². The number of aromatic nitrogens is 3. The molecule has 122 valence electrons. The number of carboxylic acids is 1. The van der Waals surface area contributed by atoms with E-state index in [1.165, 1.54) is 0 Å². The molecular formula is C16H20N4O3. The van der Waals surface area contributed by atoms with Gasteiger partial charge in [0, 0.05) is 18.3 Å². The fourth-order valence-corrected chi connectivity index (χ4v) is 2.67. The highest BCUT2D eigenvalue weighted by Gasteiger charge is 2.50. The molecule has 1 fully saturated rings. The molecule has 2 aromatic heterocycles. The van der Waals surface area contributed by atoms with Crippen molar-refractivity contribution in [1.29, 1.82) is 0 Å². The summed E-state index contributed by atoms with van der Waals surface area (Å²) in [6.45, 7) is 5.98. The van der Waals surface area contributed by atoms with E-state index in [2.05, 4.69) is 15.4 Å². The fraction of sp³-hybridized carbons (Fsp3) is 0.500. The van der Waals surface area contributed by atoms with E-state index in [0.717, 1.165) is 5.69 Å². The van der Waals surface area contributed by atoms with Crippen LogP contribution in [0.5, 0.6) is 0 Å². The number of carbonyl (C=O) groups excluding carboxylic acids is 1. The zero-order chi connectivity index (χ0) is 16.8. The summed E-state index contributed by atoms with van der Waals surface area (Å²) in [5.41, 5.74) is 1.11. The third kappa shape index (κ3) is 2.67. The second kappa shape index (κ2) is 5.33. The number of hydrogen-bond donors (Lipinski definition) is 2. The number of rotatable bonds is 5. The normalized spacial score (nSPS) is 15.8. The van der Waals surface area contributed by atoms with Crippen molar-refractivity contribution in [2.24, 2.45) is 5.41 Å². The monoisotopic (exact) mass is 316 g/mol. The largest absolute Gasteiger partial charge is 0.481 e. The first kappa shape index (κ1) is 15.5. The molecule has 0 saturated heterocycles. The Hall–Kier alpha value is -2.44. The van der Waals surface area contributed by atoms with Gasteiger partial charge in [0.25, 0.3) is 5.91 Å². The van der Waals surface area contributed by atoms with Gasteiger partial charge in [-0.15, -0.1) is 0 Å². The summed E-state index contributed by atoms with van der Waals surface area (Å²) in [5, 5.41) is 16.9. The van der Waals surface area contributed by atoms with Gasteiger partial charge in [0.2, 0.25) is 0 Å². The third-order valence-corrected chi connectivity index (χ3v) is 4.32. The summed E-state index contributed by atoms with van der Waals surface area (Å²) in [5.74, 6) is -1.13. The zero-order valence-corrected chi connectivity index (χ0v) is 13.5. The molecular weight excluding hydrogens is 296 g/mol. The Labute approximate surface area is 133 Å². The first-order valence-corrected chi connectivity index (χ1v) is 7.70. The van der Waals surface area contributed by atoms with Crippen LogP contribution >= 0.6 is 0 Å². The maximum Gasteiger partial charge on any atom is 0.311 e. The van der Waals surface area contributed by atoms with Gasteiger partial charge >= 0.3 is 5.97 Å². The standard InChI is InChI=1S/C16H20N4O3/c1-9(2)20-13-12(7-18-20)11(6-10(3)19-13)14(21)17-8-16(4-5-16)15(22)23/h6-7,9H,4-5,8H2,1-3H3,(H,17,21)(H,22,23). The predicted molar refractivity (Wildman–Crippen MR) is 84.3 cm³/mol. The van der Waals surface area contributed by atoms with Crippen molar-refractivity contribution in [1.82, 2.24) is 20.1 Å². The average molecular weight is 316 g/mol. The zero-order valence-electron chi connectivity index (χ0n) is 13.5. The molecule has 0 aliphatic heterocycles. The van der Waals surface area contributed by atoms with E-state index in [0.29, 0.717) is 29.4 Å². The molecule has 0 aromatic carbocycles. The topological polar surface area (TPSA) is 97.1 Å². The first-order chi connectivity index (χ1) is 10.8. The minimum Gasteiger partial charge on any atom is -0.481 e. The second-order valence-electron chi connectivity index (χ2n) is 6.50. The predicted octanol–water partition coefficient (Wildman–Crippen LogP) is 1.92. The second-order valence-corrected chi connectivity index (χ2v) is 6.50. The maximum atomic E-state index is 12.5. The molecule has 7 heteroatoms. The lowest BCUT2D eigenvalue weighted by Gasteiger charge is -2.12. The van der Waals surface area contributed by atoms with Crippen molar-refractivity contribution in [3.63, 3.8) is 0 Å². The molecule has 0 bridgehead atoms. The van der Waals surface area contributed by atoms with E-state index in [1.54, 1.807) is 16.9 Å². The Bertz CT molecular complexity index is 790. The van der Waals surface area contributed by atoms with Crippen molar-refractivity contribution >= 4 is 22.9 Å². The summed E-state index contributed by atoms with van der Waals surface area (Å²) in [6.07, 6.45) is 2.86. The van der Waals surface area contributed by atoms with Crippen LogP contribution in [-0.2, 0) is 4.79 Å². The van der Waals surface area contributed by atoms with Gasteiger partial charge in [-0.2, -0.15) is 5.10 Å². The van der Waals surface area contributed by atoms with Gasteiger partial charge in [0.1, 0.15) is 0 Å². The summed E-state index contributed by atoms with van der Waals surface area (Å²) >= 11 is 0. The van der Waals surface area contributed by atoms with Crippen LogP contribution in [0.3, 0.4) is 0 Å². The molecule has 3 rings (SSSR count). The first-order valence-electron chi connectivity index (χ1n) is 7.70. The van der Waals surface area contributed by atoms with Crippen molar-refractivity contribution in [3.8, 4) is 0 Å². The average Bonchev–Trinajstić information content (AvgIpc) is 3.17. The van der Waals surface area contributed by atoms with Crippen molar-refractivity contribution in [2.75, 3.05) is 6.54 Å². The van der Waals surface area contributed by atoms with Crippen LogP contribution in [0, 0.1) is 12.3 Å². The van der Waals surface area contributed by atoms with Gasteiger partial charge in [0.05, 0.1) is 22.6 Å². The lowest BCUT2D eigenvalue weighted by atomic mass is 10.1. The number of aliphatic carboxylic acids is 1. The highest BCUT2D eigenvalue weighted by Crippen LogP contribution is 2.45. The number of carbonyl (C=O) groups is 2. The van der Waals surface area contributed by atoms with Crippen LogP contribution in [-0.4, -0.2) is 38.3 Å². The SMILES string of the molecule is Cc1cc(C(=O)NCC2(C(=O)O)CC2)c2cnn(C(C)C)c2n1. The Morgan fingerprint density at radius 1 is 1.43 bits per heavy atom. The lowest BCUT2D eigenvalue weighted by Crippen LogP contribution is -2.34. The van der Waals surface area contributed by atoms with Crippen LogP contribution in [0.25, 0.3) is 11.0 Å². The Morgan fingerprint density at radius 2 is 2.13 bits per heavy atom. The van der Waals surface area contributed by atoms with Crippen LogP contribution < -0.4 is 5.32 Å². The Kier molecular flexibility index (Phi) is 3.58. The number of nitrogens with zero attached hydrogens (tertiary/aromatic N) is 3. The summed E-state index contributed by atoms with van der Waals surface area (Å²) in [6, 6.07) is 1.85. The number of amides is 1. The van der Waals surface area contributed by atoms with Crippen molar-refractivity contribution in [3.05, 3.63) is 23.5 Å². The fourth-order valence-electron chi connectivity index (χ4n) is 2.67. The van der Waals surface area contributed by atoms with Gasteiger partial charge in [-0.05, 0) is 39.7 Å². The molecule has 1 aliphatic rings. The summed E-state index contributed by atoms with van der Waals surface area (Å²) in [4.78, 5) is 28.2. The van der Waals surface area contributed by atoms with Crippen LogP contribution in [0.4, 0.5) is 0 Å². The number of nitrogens with one attached hydrogen (secondary N) is 1. The molecule has 2 heterocycles. The van der Waals surface area contributed by atoms with Gasteiger partial charge in [-0.25, -0.2) is 9.67 Å². The molecule has 23 heavy (non-hydrogen) atoms. The number of hydrogen-bond acceptors (Lipinski definition) is 4. The maximum absolute atomic E-state index is 12.5. The van der Waals surface area contributed by atoms with Crippen molar-refractivity contribution in [2.45, 2.75) is 39.7 Å². The summed E-state index contributed by atoms with van der Waals surface area (Å²) in [7, 11) is 0. The molecule has 0 unspecified atom stereocenters. The van der Waals surface area contributed by atoms with Crippen LogP contribution in [0.2, 0.25) is 0 Å². The molecule has 1 aliphatic carbocycles. The third-order valence-electron chi connectivity index (χ3n) is 4.32. The number of carboxylic acid groups (broad SMARTS) is 1. The van der Waals surface area contributed by atoms with Crippen LogP contribution in [0.15, 0.2) is 12.3 Å². The van der Waals surface area contributed by atoms with Gasteiger partial charge < -0.3 is 10.4 Å². The highest BCUT2D eigenvalue weighted by atomic mass is 16.4. The van der Waals surface area contributed by atoms with E-state index in [9.17, 15) is 14.7 Å². The smallest absolute Gasteiger partial charge is 0.311 e. The number of fused-ring (bicyclic) bond motifs is 1. The molecule has 0 radical (unpaired) electrons. The molecule has 1 saturated carbocycles. The van der Waals surface area contributed by atoms with E-state index in [1.807, 2.05) is 20.8 Å². The quantitative estimate of drug-likeness (QED) is 0.878. The number of aryl methyl sites for hydroxylation is 1. The van der Waals surface area contributed by atoms with Crippen LogP contribution in [0.1, 0.15) is 48.8 Å². The van der Waals surface area contributed by atoms with E-state index >= 15 is 0 Å². The van der Waals surface area contributed by atoms with E-state index < -0.39 is 11.4 Å². The van der Waals surface area contributed by atoms with E-state index in [-0.39, 0.29) is 18.5 Å². The van der Waals surface area contributed by atoms with Gasteiger partial charge in [-0.1, -0.05) is 0 Å². The molecule has 2 N–H and O–H groups in total. The minimum absolute atomic E-state index is 0.138. The number of pyridine rings is 1. The Morgan fingerprint density at radius 3 is 2.70 bits per heavy atom. The highest BCUT2D eigenvalue weighted by molar-refractivity contribution is 6.05.